The van der Waals surface area contributed by atoms with Crippen LogP contribution in [-0.2, 0) is 4.79 Å². The molecule has 0 aliphatic carbocycles. The summed E-state index contributed by atoms with van der Waals surface area (Å²) in [6.07, 6.45) is 59.0. The van der Waals surface area contributed by atoms with Gasteiger partial charge in [0.25, 0.3) is 0 Å². The Bertz CT molecular complexity index is 739. The number of hydrogen-bond donors (Lipinski definition) is 3. The fourth-order valence-corrected chi connectivity index (χ4v) is 7.95. The summed E-state index contributed by atoms with van der Waals surface area (Å²) in [4.78, 5) is 12.4. The van der Waals surface area contributed by atoms with Gasteiger partial charge in [-0.25, -0.2) is 0 Å². The van der Waals surface area contributed by atoms with Crippen molar-refractivity contribution in [3.63, 3.8) is 0 Å². The van der Waals surface area contributed by atoms with Gasteiger partial charge in [-0.15, -0.1) is 0 Å². The Labute approximate surface area is 339 Å². The Morgan fingerprint density at radius 1 is 0.426 bits per heavy atom. The van der Waals surface area contributed by atoms with E-state index in [-0.39, 0.29) is 12.5 Å². The molecule has 1 amide bonds. The number of aliphatic hydroxyl groups excluding tert-OH is 2. The smallest absolute Gasteiger partial charge is 0.220 e. The minimum absolute atomic E-state index is 0.0373. The molecule has 3 N–H and O–H groups in total. The second-order valence-electron chi connectivity index (χ2n) is 17.2. The first-order valence-electron chi connectivity index (χ1n) is 24.9. The molecule has 0 aromatic carbocycles. The average molecular weight is 762 g/mol. The predicted octanol–water partition coefficient (Wildman–Crippen LogP) is 15.8. The van der Waals surface area contributed by atoms with Crippen molar-refractivity contribution in [2.45, 2.75) is 296 Å². The van der Waals surface area contributed by atoms with E-state index in [1.807, 2.05) is 0 Å². The highest BCUT2D eigenvalue weighted by atomic mass is 16.3. The summed E-state index contributed by atoms with van der Waals surface area (Å²) in [5.74, 6) is -0.0373. The minimum atomic E-state index is -0.660. The van der Waals surface area contributed by atoms with Crippen molar-refractivity contribution < 1.29 is 15.0 Å². The minimum Gasteiger partial charge on any atom is -0.394 e. The number of amides is 1. The van der Waals surface area contributed by atoms with Crippen LogP contribution in [-0.4, -0.2) is 34.9 Å². The molecule has 0 aromatic heterocycles. The average Bonchev–Trinajstić information content (AvgIpc) is 3.18. The van der Waals surface area contributed by atoms with Crippen molar-refractivity contribution in [2.75, 3.05) is 6.61 Å². The highest BCUT2D eigenvalue weighted by Gasteiger charge is 2.20. The van der Waals surface area contributed by atoms with Crippen LogP contribution in [0.4, 0.5) is 0 Å². The zero-order valence-corrected chi connectivity index (χ0v) is 37.0. The Hall–Kier alpha value is -0.870. The van der Waals surface area contributed by atoms with Crippen LogP contribution in [0.5, 0.6) is 0 Å². The highest BCUT2D eigenvalue weighted by Crippen LogP contribution is 2.17. The molecule has 2 atom stereocenters. The first-order chi connectivity index (χ1) is 26.7. The van der Waals surface area contributed by atoms with Gasteiger partial charge in [-0.3, -0.25) is 4.79 Å². The fraction of sp³-hybridized carbons (Fsp3) is 0.940. The normalized spacial score (nSPS) is 12.9. The first-order valence-corrected chi connectivity index (χ1v) is 24.9. The zero-order chi connectivity index (χ0) is 39.3. The topological polar surface area (TPSA) is 69.6 Å². The van der Waals surface area contributed by atoms with Crippen molar-refractivity contribution in [3.05, 3.63) is 12.2 Å². The van der Waals surface area contributed by atoms with Gasteiger partial charge in [0.2, 0.25) is 5.91 Å². The molecule has 4 heteroatoms. The van der Waals surface area contributed by atoms with E-state index < -0.39 is 12.1 Å². The molecular weight excluding hydrogens is 663 g/mol. The number of hydrogen-bond acceptors (Lipinski definition) is 3. The molecule has 0 fully saturated rings. The van der Waals surface area contributed by atoms with E-state index in [1.165, 1.54) is 231 Å². The first kappa shape index (κ1) is 53.1. The molecule has 4 nitrogen and oxygen atoms in total. The van der Waals surface area contributed by atoms with Crippen LogP contribution in [0.25, 0.3) is 0 Å². The lowest BCUT2D eigenvalue weighted by molar-refractivity contribution is -0.123. The van der Waals surface area contributed by atoms with Gasteiger partial charge in [0.15, 0.2) is 0 Å². The van der Waals surface area contributed by atoms with Crippen LogP contribution < -0.4 is 5.32 Å². The molecule has 0 aromatic rings. The van der Waals surface area contributed by atoms with Gasteiger partial charge >= 0.3 is 0 Å². The summed E-state index contributed by atoms with van der Waals surface area (Å²) < 4.78 is 0. The molecule has 0 bridgehead atoms. The van der Waals surface area contributed by atoms with Crippen LogP contribution in [0.15, 0.2) is 12.2 Å². The number of carbonyl (C=O) groups excluding carboxylic acids is 1. The van der Waals surface area contributed by atoms with E-state index in [4.69, 9.17) is 0 Å². The maximum Gasteiger partial charge on any atom is 0.220 e. The number of allylic oxidation sites excluding steroid dienone is 2. The summed E-state index contributed by atoms with van der Waals surface area (Å²) >= 11 is 0. The third-order valence-electron chi connectivity index (χ3n) is 11.8. The van der Waals surface area contributed by atoms with Crippen LogP contribution in [0.2, 0.25) is 0 Å². The number of aliphatic hydroxyl groups is 2. The van der Waals surface area contributed by atoms with Crippen molar-refractivity contribution in [1.82, 2.24) is 5.32 Å². The lowest BCUT2D eigenvalue weighted by atomic mass is 10.0. The Balaban J connectivity index is 3.40. The summed E-state index contributed by atoms with van der Waals surface area (Å²) in [7, 11) is 0. The Morgan fingerprint density at radius 3 is 1.04 bits per heavy atom. The number of rotatable bonds is 46. The van der Waals surface area contributed by atoms with E-state index in [1.54, 1.807) is 0 Å². The van der Waals surface area contributed by atoms with Crippen molar-refractivity contribution in [1.29, 1.82) is 0 Å². The van der Waals surface area contributed by atoms with Crippen LogP contribution >= 0.6 is 0 Å². The van der Waals surface area contributed by atoms with Gasteiger partial charge < -0.3 is 15.5 Å². The molecule has 54 heavy (non-hydrogen) atoms. The zero-order valence-electron chi connectivity index (χ0n) is 37.0. The SMILES string of the molecule is CCCCCC/C=C\CCCCCCCC(=O)NC(CO)C(O)CCCCCCCCCCCCCCCCCCCCCCCCCCCCCCC. The molecule has 0 saturated carbocycles. The van der Waals surface area contributed by atoms with Gasteiger partial charge in [-0.05, 0) is 38.5 Å². The Morgan fingerprint density at radius 2 is 0.704 bits per heavy atom. The Kier molecular flexibility index (Phi) is 45.8. The largest absolute Gasteiger partial charge is 0.394 e. The van der Waals surface area contributed by atoms with Gasteiger partial charge in [0, 0.05) is 6.42 Å². The van der Waals surface area contributed by atoms with Gasteiger partial charge in [0.05, 0.1) is 18.8 Å². The van der Waals surface area contributed by atoms with Crippen molar-refractivity contribution >= 4 is 5.91 Å². The lowest BCUT2D eigenvalue weighted by Gasteiger charge is -2.22. The monoisotopic (exact) mass is 762 g/mol. The molecule has 322 valence electrons. The van der Waals surface area contributed by atoms with Crippen LogP contribution in [0, 0.1) is 0 Å². The number of carbonyl (C=O) groups is 1. The van der Waals surface area contributed by atoms with E-state index in [2.05, 4.69) is 31.3 Å². The van der Waals surface area contributed by atoms with E-state index in [0.29, 0.717) is 12.8 Å². The van der Waals surface area contributed by atoms with Crippen molar-refractivity contribution in [2.24, 2.45) is 0 Å². The summed E-state index contributed by atoms with van der Waals surface area (Å²) in [5.41, 5.74) is 0. The summed E-state index contributed by atoms with van der Waals surface area (Å²) in [5, 5.41) is 23.2. The third-order valence-corrected chi connectivity index (χ3v) is 11.8. The second-order valence-corrected chi connectivity index (χ2v) is 17.2. The van der Waals surface area contributed by atoms with Gasteiger partial charge in [-0.1, -0.05) is 251 Å². The molecule has 0 heterocycles. The number of unbranched alkanes of at least 4 members (excludes halogenated alkanes) is 37. The maximum absolute atomic E-state index is 12.4. The summed E-state index contributed by atoms with van der Waals surface area (Å²) in [6, 6.07) is -0.537. The number of nitrogens with one attached hydrogen (secondary N) is 1. The van der Waals surface area contributed by atoms with E-state index in [9.17, 15) is 15.0 Å². The molecule has 0 aliphatic rings. The molecular formula is C50H99NO3. The summed E-state index contributed by atoms with van der Waals surface area (Å²) in [6.45, 7) is 4.36. The van der Waals surface area contributed by atoms with E-state index >= 15 is 0 Å². The maximum atomic E-state index is 12.4. The standard InChI is InChI=1S/C50H99NO3/c1-3-5-7-9-11-13-15-17-18-19-20-21-22-23-24-25-26-27-28-29-30-31-32-34-35-37-39-41-43-45-49(53)48(47-52)51-50(54)46-44-42-40-38-36-33-16-14-12-10-8-6-4-2/h14,16,48-49,52-53H,3-13,15,17-47H2,1-2H3,(H,51,54)/b16-14-. The third kappa shape index (κ3) is 42.3. The fourth-order valence-electron chi connectivity index (χ4n) is 7.95. The molecule has 0 saturated heterocycles. The second kappa shape index (κ2) is 46.5. The molecule has 0 spiro atoms. The van der Waals surface area contributed by atoms with Crippen LogP contribution in [0.3, 0.4) is 0 Å². The van der Waals surface area contributed by atoms with E-state index in [0.717, 1.165) is 25.7 Å². The predicted molar refractivity (Wildman–Crippen MR) is 239 cm³/mol. The van der Waals surface area contributed by atoms with Gasteiger partial charge in [-0.2, -0.15) is 0 Å². The molecule has 2 unspecified atom stereocenters. The highest BCUT2D eigenvalue weighted by molar-refractivity contribution is 5.76. The van der Waals surface area contributed by atoms with Crippen LogP contribution in [0.1, 0.15) is 284 Å². The lowest BCUT2D eigenvalue weighted by Crippen LogP contribution is -2.45. The molecule has 0 aliphatic heterocycles. The van der Waals surface area contributed by atoms with Gasteiger partial charge in [0.1, 0.15) is 0 Å². The molecule has 0 radical (unpaired) electrons. The molecule has 0 rings (SSSR count). The quantitative estimate of drug-likeness (QED) is 0.0427. The van der Waals surface area contributed by atoms with Crippen molar-refractivity contribution in [3.8, 4) is 0 Å².